The van der Waals surface area contributed by atoms with Crippen molar-refractivity contribution in [3.63, 3.8) is 0 Å². The summed E-state index contributed by atoms with van der Waals surface area (Å²) < 4.78 is 12.4. The lowest BCUT2D eigenvalue weighted by Gasteiger charge is -2.27. The first kappa shape index (κ1) is 24.5. The number of rotatable bonds is 5. The zero-order valence-electron chi connectivity index (χ0n) is 20.6. The minimum absolute atomic E-state index is 0.00985. The fourth-order valence-electron chi connectivity index (χ4n) is 4.59. The summed E-state index contributed by atoms with van der Waals surface area (Å²) >= 11 is 0. The largest absolute Gasteiger partial charge is 0.489 e. The molecule has 1 amide bonds. The zero-order chi connectivity index (χ0) is 23.8. The number of benzene rings is 1. The van der Waals surface area contributed by atoms with E-state index in [0.29, 0.717) is 37.9 Å². The molecule has 0 unspecified atom stereocenters. The Balaban J connectivity index is 1.47. The van der Waals surface area contributed by atoms with E-state index in [9.17, 15) is 4.79 Å². The second-order valence-corrected chi connectivity index (χ2v) is 10.2. The number of fused-ring (bicyclic) bond motifs is 2. The lowest BCUT2D eigenvalue weighted by Crippen LogP contribution is -2.40. The minimum atomic E-state index is 0.00985. The van der Waals surface area contributed by atoms with Crippen LogP contribution in [0.2, 0.25) is 0 Å². The Labute approximate surface area is 203 Å². The third-order valence-corrected chi connectivity index (χ3v) is 6.56. The summed E-state index contributed by atoms with van der Waals surface area (Å²) in [7, 11) is 0. The van der Waals surface area contributed by atoms with E-state index in [2.05, 4.69) is 33.9 Å². The summed E-state index contributed by atoms with van der Waals surface area (Å²) in [6.07, 6.45) is 6.25. The molecule has 1 saturated heterocycles. The number of ether oxygens (including phenoxy) is 2. The highest BCUT2D eigenvalue weighted by Gasteiger charge is 2.23. The van der Waals surface area contributed by atoms with E-state index in [4.69, 9.17) is 9.47 Å². The molecule has 7 nitrogen and oxygen atoms in total. The number of carbonyl (C=O) groups excluding carboxylic acids is 1. The Morgan fingerprint density at radius 1 is 1.03 bits per heavy atom. The average molecular weight is 467 g/mol. The molecule has 0 spiro atoms. The first-order valence-electron chi connectivity index (χ1n) is 12.5. The quantitative estimate of drug-likeness (QED) is 0.716. The molecule has 0 atom stereocenters. The zero-order valence-corrected chi connectivity index (χ0v) is 20.6. The summed E-state index contributed by atoms with van der Waals surface area (Å²) in [4.78, 5) is 21.9. The van der Waals surface area contributed by atoms with E-state index < -0.39 is 0 Å². The number of hydrogen-bond acceptors (Lipinski definition) is 6. The van der Waals surface area contributed by atoms with Crippen LogP contribution in [-0.2, 0) is 11.3 Å². The van der Waals surface area contributed by atoms with Crippen LogP contribution in [0.4, 0.5) is 0 Å². The fraction of sp³-hybridized carbons (Fsp3) is 0.556. The normalized spacial score (nSPS) is 19.4. The number of nitrogens with zero attached hydrogens (tertiary/aromatic N) is 3. The minimum Gasteiger partial charge on any atom is -0.489 e. The first-order valence-corrected chi connectivity index (χ1v) is 12.5. The molecule has 2 aliphatic heterocycles. The SMILES string of the molecule is CC1(C)CCCN(CC(=O)NCCN2CCCC2)Cc2cccnc2Oc2ccccc2OC1. The number of hydrogen-bond donors (Lipinski definition) is 1. The molecule has 0 saturated carbocycles. The Morgan fingerprint density at radius 2 is 1.79 bits per heavy atom. The van der Waals surface area contributed by atoms with E-state index in [1.165, 1.54) is 12.8 Å². The second kappa shape index (κ2) is 11.7. The van der Waals surface area contributed by atoms with E-state index in [0.717, 1.165) is 50.3 Å². The number of para-hydroxylation sites is 2. The highest BCUT2D eigenvalue weighted by molar-refractivity contribution is 5.78. The maximum Gasteiger partial charge on any atom is 0.234 e. The van der Waals surface area contributed by atoms with E-state index in [1.807, 2.05) is 36.4 Å². The molecule has 2 aliphatic rings. The number of nitrogens with one attached hydrogen (secondary N) is 1. The van der Waals surface area contributed by atoms with Crippen LogP contribution in [0, 0.1) is 5.41 Å². The smallest absolute Gasteiger partial charge is 0.234 e. The van der Waals surface area contributed by atoms with Gasteiger partial charge in [-0.25, -0.2) is 4.98 Å². The Bertz CT molecular complexity index is 943. The highest BCUT2D eigenvalue weighted by atomic mass is 16.5. The van der Waals surface area contributed by atoms with E-state index in [-0.39, 0.29) is 11.3 Å². The van der Waals surface area contributed by atoms with Gasteiger partial charge in [-0.2, -0.15) is 0 Å². The Morgan fingerprint density at radius 3 is 2.62 bits per heavy atom. The monoisotopic (exact) mass is 466 g/mol. The van der Waals surface area contributed by atoms with Crippen molar-refractivity contribution in [1.29, 1.82) is 0 Å². The van der Waals surface area contributed by atoms with Gasteiger partial charge in [0.2, 0.25) is 11.8 Å². The number of carbonyl (C=O) groups is 1. The number of amides is 1. The predicted molar refractivity (Wildman–Crippen MR) is 133 cm³/mol. The molecule has 0 bridgehead atoms. The molecule has 1 aromatic carbocycles. The standard InChI is InChI=1S/C27H38N4O3/c1-27(2)12-8-17-31(20-25(32)28-14-18-30-15-5-6-16-30)19-22-9-7-13-29-26(22)34-24-11-4-3-10-23(24)33-21-27/h3-4,7,9-11,13H,5-6,8,12,14-21H2,1-2H3,(H,28,32). The van der Waals surface area contributed by atoms with Crippen LogP contribution in [0.1, 0.15) is 45.1 Å². The molecule has 3 heterocycles. The number of aromatic nitrogens is 1. The van der Waals surface area contributed by atoms with Crippen molar-refractivity contribution in [2.75, 3.05) is 45.9 Å². The van der Waals surface area contributed by atoms with Gasteiger partial charge in [0.05, 0.1) is 13.2 Å². The Hall–Kier alpha value is -2.64. The maximum absolute atomic E-state index is 12.8. The van der Waals surface area contributed by atoms with Crippen LogP contribution in [0.15, 0.2) is 42.6 Å². The second-order valence-electron chi connectivity index (χ2n) is 10.2. The summed E-state index contributed by atoms with van der Waals surface area (Å²) in [5.74, 6) is 2.00. The van der Waals surface area contributed by atoms with E-state index in [1.54, 1.807) is 6.20 Å². The Kier molecular flexibility index (Phi) is 8.40. The molecule has 34 heavy (non-hydrogen) atoms. The predicted octanol–water partition coefficient (Wildman–Crippen LogP) is 4.09. The van der Waals surface area contributed by atoms with Crippen LogP contribution in [-0.4, -0.2) is 66.6 Å². The van der Waals surface area contributed by atoms with Crippen molar-refractivity contribution in [2.45, 2.75) is 46.1 Å². The molecule has 0 radical (unpaired) electrons. The molecule has 7 heteroatoms. The van der Waals surface area contributed by atoms with Crippen LogP contribution in [0.5, 0.6) is 17.4 Å². The first-order chi connectivity index (χ1) is 16.5. The molecule has 4 rings (SSSR count). The molecule has 0 aliphatic carbocycles. The molecule has 1 aromatic heterocycles. The van der Waals surface area contributed by atoms with Crippen molar-refractivity contribution in [3.05, 3.63) is 48.2 Å². The van der Waals surface area contributed by atoms with Crippen LogP contribution in [0.25, 0.3) is 0 Å². The van der Waals surface area contributed by atoms with Gasteiger partial charge in [-0.3, -0.25) is 9.69 Å². The van der Waals surface area contributed by atoms with Crippen LogP contribution in [0.3, 0.4) is 0 Å². The van der Waals surface area contributed by atoms with Gasteiger partial charge in [0.1, 0.15) is 0 Å². The van der Waals surface area contributed by atoms with Gasteiger partial charge in [0, 0.05) is 31.4 Å². The third-order valence-electron chi connectivity index (χ3n) is 6.56. The van der Waals surface area contributed by atoms with Crippen LogP contribution >= 0.6 is 0 Å². The van der Waals surface area contributed by atoms with Crippen molar-refractivity contribution >= 4 is 5.91 Å². The highest BCUT2D eigenvalue weighted by Crippen LogP contribution is 2.34. The third kappa shape index (κ3) is 7.18. The van der Waals surface area contributed by atoms with Crippen molar-refractivity contribution < 1.29 is 14.3 Å². The van der Waals surface area contributed by atoms with Gasteiger partial charge in [0.15, 0.2) is 11.5 Å². The number of pyridine rings is 1. The van der Waals surface area contributed by atoms with Gasteiger partial charge in [-0.1, -0.05) is 32.0 Å². The summed E-state index contributed by atoms with van der Waals surface area (Å²) in [5.41, 5.74) is 0.969. The summed E-state index contributed by atoms with van der Waals surface area (Å²) in [6, 6.07) is 11.7. The lowest BCUT2D eigenvalue weighted by molar-refractivity contribution is -0.122. The van der Waals surface area contributed by atoms with Crippen molar-refractivity contribution in [1.82, 2.24) is 20.1 Å². The maximum atomic E-state index is 12.8. The topological polar surface area (TPSA) is 66.9 Å². The van der Waals surface area contributed by atoms with Gasteiger partial charge in [-0.05, 0) is 68.9 Å². The van der Waals surface area contributed by atoms with Crippen molar-refractivity contribution in [2.24, 2.45) is 5.41 Å². The van der Waals surface area contributed by atoms with Gasteiger partial charge < -0.3 is 19.7 Å². The average Bonchev–Trinajstić information content (AvgIpc) is 3.33. The molecule has 1 N–H and O–H groups in total. The van der Waals surface area contributed by atoms with Gasteiger partial charge in [0.25, 0.3) is 0 Å². The molecular formula is C27H38N4O3. The van der Waals surface area contributed by atoms with Crippen molar-refractivity contribution in [3.8, 4) is 17.4 Å². The van der Waals surface area contributed by atoms with Gasteiger partial charge in [-0.15, -0.1) is 0 Å². The lowest BCUT2D eigenvalue weighted by atomic mass is 9.88. The molecule has 184 valence electrons. The summed E-state index contributed by atoms with van der Waals surface area (Å²) in [5, 5.41) is 3.12. The molecule has 1 fully saturated rings. The molecular weight excluding hydrogens is 428 g/mol. The number of likely N-dealkylation sites (tertiary alicyclic amines) is 1. The van der Waals surface area contributed by atoms with Gasteiger partial charge >= 0.3 is 0 Å². The fourth-order valence-corrected chi connectivity index (χ4v) is 4.59. The van der Waals surface area contributed by atoms with Crippen LogP contribution < -0.4 is 14.8 Å². The van der Waals surface area contributed by atoms with E-state index >= 15 is 0 Å². The summed E-state index contributed by atoms with van der Waals surface area (Å²) in [6.45, 7) is 10.8. The molecule has 2 aromatic rings.